The Kier molecular flexibility index (Phi) is 6.37. The second-order valence-corrected chi connectivity index (χ2v) is 8.32. The average Bonchev–Trinajstić information content (AvgIpc) is 2.60. The van der Waals surface area contributed by atoms with Crippen LogP contribution in [0, 0.1) is 10.1 Å². The summed E-state index contributed by atoms with van der Waals surface area (Å²) in [5.74, 6) is -0.539. The quantitative estimate of drug-likeness (QED) is 0.538. The first-order valence-electron chi connectivity index (χ1n) is 8.41. The SMILES string of the molecule is CC(C)NS(=O)(=O)c1ccc(NC(=O)c2cc([N+](=O)[O-])ccc2N(C)C)cc1. The van der Waals surface area contributed by atoms with Crippen molar-refractivity contribution in [2.24, 2.45) is 0 Å². The maximum absolute atomic E-state index is 12.7. The molecule has 0 saturated heterocycles. The Morgan fingerprint density at radius 3 is 2.21 bits per heavy atom. The fraction of sp³-hybridized carbons (Fsp3) is 0.278. The van der Waals surface area contributed by atoms with Gasteiger partial charge < -0.3 is 10.2 Å². The van der Waals surface area contributed by atoms with E-state index in [2.05, 4.69) is 10.0 Å². The summed E-state index contributed by atoms with van der Waals surface area (Å²) in [6.07, 6.45) is 0. The van der Waals surface area contributed by atoms with Crippen molar-refractivity contribution >= 4 is 33.0 Å². The van der Waals surface area contributed by atoms with Crippen molar-refractivity contribution in [2.75, 3.05) is 24.3 Å². The number of carbonyl (C=O) groups excluding carboxylic acids is 1. The van der Waals surface area contributed by atoms with Crippen molar-refractivity contribution in [3.8, 4) is 0 Å². The number of sulfonamides is 1. The number of nitro groups is 1. The number of nitrogens with one attached hydrogen (secondary N) is 2. The summed E-state index contributed by atoms with van der Waals surface area (Å²) in [7, 11) is -0.191. The van der Waals surface area contributed by atoms with Gasteiger partial charge in [-0.15, -0.1) is 0 Å². The molecule has 9 nitrogen and oxygen atoms in total. The van der Waals surface area contributed by atoms with Crippen LogP contribution in [0.1, 0.15) is 24.2 Å². The molecule has 0 aliphatic carbocycles. The molecule has 28 heavy (non-hydrogen) atoms. The molecule has 0 fully saturated rings. The zero-order valence-corrected chi connectivity index (χ0v) is 16.8. The predicted octanol–water partition coefficient (Wildman–Crippen LogP) is 2.60. The molecule has 0 bridgehead atoms. The van der Waals surface area contributed by atoms with Gasteiger partial charge in [0.1, 0.15) is 0 Å². The van der Waals surface area contributed by atoms with E-state index in [0.717, 1.165) is 0 Å². The van der Waals surface area contributed by atoms with E-state index in [9.17, 15) is 23.3 Å². The molecule has 2 aromatic rings. The molecule has 2 aromatic carbocycles. The third-order valence-corrected chi connectivity index (χ3v) is 5.41. The van der Waals surface area contributed by atoms with E-state index in [1.54, 1.807) is 32.8 Å². The van der Waals surface area contributed by atoms with Crippen LogP contribution in [-0.4, -0.2) is 39.4 Å². The summed E-state index contributed by atoms with van der Waals surface area (Å²) in [5, 5.41) is 13.7. The Labute approximate surface area is 163 Å². The lowest BCUT2D eigenvalue weighted by molar-refractivity contribution is -0.384. The van der Waals surface area contributed by atoms with E-state index in [4.69, 9.17) is 0 Å². The van der Waals surface area contributed by atoms with Gasteiger partial charge in [-0.25, -0.2) is 13.1 Å². The van der Waals surface area contributed by atoms with Crippen LogP contribution >= 0.6 is 0 Å². The Morgan fingerprint density at radius 1 is 1.11 bits per heavy atom. The van der Waals surface area contributed by atoms with Gasteiger partial charge in [0.2, 0.25) is 10.0 Å². The van der Waals surface area contributed by atoms with E-state index in [-0.39, 0.29) is 22.2 Å². The lowest BCUT2D eigenvalue weighted by Gasteiger charge is -2.17. The number of anilines is 2. The number of hydrogen-bond donors (Lipinski definition) is 2. The van der Waals surface area contributed by atoms with Gasteiger partial charge >= 0.3 is 0 Å². The molecule has 0 heterocycles. The Morgan fingerprint density at radius 2 is 1.71 bits per heavy atom. The van der Waals surface area contributed by atoms with Gasteiger partial charge in [0.25, 0.3) is 11.6 Å². The highest BCUT2D eigenvalue weighted by Gasteiger charge is 2.19. The average molecular weight is 406 g/mol. The molecule has 0 aromatic heterocycles. The lowest BCUT2D eigenvalue weighted by Crippen LogP contribution is -2.30. The second-order valence-electron chi connectivity index (χ2n) is 6.61. The van der Waals surface area contributed by atoms with Gasteiger partial charge in [-0.05, 0) is 44.2 Å². The van der Waals surface area contributed by atoms with Gasteiger partial charge in [0.15, 0.2) is 0 Å². The van der Waals surface area contributed by atoms with Crippen LogP contribution < -0.4 is 14.9 Å². The summed E-state index contributed by atoms with van der Waals surface area (Å²) >= 11 is 0. The molecule has 1 amide bonds. The topological polar surface area (TPSA) is 122 Å². The molecule has 0 unspecified atom stereocenters. The fourth-order valence-electron chi connectivity index (χ4n) is 2.50. The predicted molar refractivity (Wildman–Crippen MR) is 107 cm³/mol. The Balaban J connectivity index is 2.28. The number of hydrogen-bond acceptors (Lipinski definition) is 6. The van der Waals surface area contributed by atoms with Gasteiger partial charge in [-0.3, -0.25) is 14.9 Å². The minimum atomic E-state index is -3.63. The minimum Gasteiger partial charge on any atom is -0.377 e. The first kappa shape index (κ1) is 21.3. The summed E-state index contributed by atoms with van der Waals surface area (Å²) in [5.41, 5.74) is 0.822. The minimum absolute atomic E-state index is 0.0727. The number of amides is 1. The highest BCUT2D eigenvalue weighted by molar-refractivity contribution is 7.89. The fourth-order valence-corrected chi connectivity index (χ4v) is 3.75. The van der Waals surface area contributed by atoms with Crippen molar-refractivity contribution in [2.45, 2.75) is 24.8 Å². The van der Waals surface area contributed by atoms with Crippen LogP contribution in [0.15, 0.2) is 47.4 Å². The van der Waals surface area contributed by atoms with E-state index in [0.29, 0.717) is 11.4 Å². The van der Waals surface area contributed by atoms with Crippen molar-refractivity contribution in [1.29, 1.82) is 0 Å². The molecule has 10 heteroatoms. The van der Waals surface area contributed by atoms with Gasteiger partial charge in [0.05, 0.1) is 15.4 Å². The van der Waals surface area contributed by atoms with E-state index in [1.165, 1.54) is 42.5 Å². The molecule has 150 valence electrons. The summed E-state index contributed by atoms with van der Waals surface area (Å²) in [6.45, 7) is 3.43. The third kappa shape index (κ3) is 5.05. The number of carbonyl (C=O) groups is 1. The Bertz CT molecular complexity index is 986. The summed E-state index contributed by atoms with van der Waals surface area (Å²) < 4.78 is 26.8. The first-order chi connectivity index (χ1) is 13.0. The number of nitrogens with zero attached hydrogens (tertiary/aromatic N) is 2. The molecule has 2 N–H and O–H groups in total. The van der Waals surface area contributed by atoms with Gasteiger partial charge in [0, 0.05) is 43.6 Å². The van der Waals surface area contributed by atoms with Crippen LogP contribution in [0.2, 0.25) is 0 Å². The highest BCUT2D eigenvalue weighted by atomic mass is 32.2. The zero-order chi connectivity index (χ0) is 21.1. The number of rotatable bonds is 7. The molecule has 0 saturated carbocycles. The van der Waals surface area contributed by atoms with Crippen molar-refractivity contribution < 1.29 is 18.1 Å². The maximum Gasteiger partial charge on any atom is 0.270 e. The molecular formula is C18H22N4O5S. The molecule has 0 aliphatic heterocycles. The van der Waals surface area contributed by atoms with Crippen LogP contribution in [-0.2, 0) is 10.0 Å². The summed E-state index contributed by atoms with van der Waals surface area (Å²) in [4.78, 5) is 24.8. The van der Waals surface area contributed by atoms with Crippen molar-refractivity contribution in [3.63, 3.8) is 0 Å². The molecule has 2 rings (SSSR count). The van der Waals surface area contributed by atoms with Crippen LogP contribution in [0.25, 0.3) is 0 Å². The second kappa shape index (κ2) is 8.36. The normalized spacial score (nSPS) is 11.3. The highest BCUT2D eigenvalue weighted by Crippen LogP contribution is 2.25. The van der Waals surface area contributed by atoms with Crippen molar-refractivity contribution in [3.05, 3.63) is 58.1 Å². The number of non-ortho nitro benzene ring substituents is 1. The number of benzene rings is 2. The Hall–Kier alpha value is -2.98. The maximum atomic E-state index is 12.7. The van der Waals surface area contributed by atoms with E-state index < -0.39 is 20.9 Å². The van der Waals surface area contributed by atoms with Crippen LogP contribution in [0.5, 0.6) is 0 Å². The van der Waals surface area contributed by atoms with E-state index >= 15 is 0 Å². The molecule has 0 radical (unpaired) electrons. The molecule has 0 spiro atoms. The standard InChI is InChI=1S/C18H22N4O5S/c1-12(2)20-28(26,27)15-8-5-13(6-9-15)19-18(23)16-11-14(22(24)25)7-10-17(16)21(3)4/h5-12,20H,1-4H3,(H,19,23). The monoisotopic (exact) mass is 406 g/mol. The lowest BCUT2D eigenvalue weighted by atomic mass is 10.1. The molecule has 0 aliphatic rings. The van der Waals surface area contributed by atoms with Crippen LogP contribution in [0.3, 0.4) is 0 Å². The smallest absolute Gasteiger partial charge is 0.270 e. The molecule has 0 atom stereocenters. The summed E-state index contributed by atoms with van der Waals surface area (Å²) in [6, 6.07) is 9.45. The van der Waals surface area contributed by atoms with Gasteiger partial charge in [-0.2, -0.15) is 0 Å². The number of nitro benzene ring substituents is 1. The van der Waals surface area contributed by atoms with Crippen molar-refractivity contribution in [1.82, 2.24) is 4.72 Å². The third-order valence-electron chi connectivity index (χ3n) is 3.73. The largest absolute Gasteiger partial charge is 0.377 e. The zero-order valence-electron chi connectivity index (χ0n) is 16.0. The van der Waals surface area contributed by atoms with Crippen LogP contribution in [0.4, 0.5) is 17.1 Å². The molecular weight excluding hydrogens is 384 g/mol. The first-order valence-corrected chi connectivity index (χ1v) is 9.89. The van der Waals surface area contributed by atoms with Gasteiger partial charge in [-0.1, -0.05) is 0 Å². The van der Waals surface area contributed by atoms with E-state index in [1.807, 2.05) is 0 Å².